The maximum atomic E-state index is 13.4. The number of halogens is 1. The third-order valence-corrected chi connectivity index (χ3v) is 5.98. The molecule has 1 saturated heterocycles. The van der Waals surface area contributed by atoms with E-state index in [0.717, 1.165) is 19.3 Å². The number of nitrogens with zero attached hydrogens (tertiary/aromatic N) is 1. The fourth-order valence-corrected chi connectivity index (χ4v) is 4.13. The number of hydrogen-bond donors (Lipinski definition) is 1. The molecule has 0 spiro atoms. The molecule has 6 nitrogen and oxygen atoms in total. The van der Waals surface area contributed by atoms with Gasteiger partial charge in [-0.1, -0.05) is 31.9 Å². The van der Waals surface area contributed by atoms with E-state index in [1.54, 1.807) is 55.5 Å². The number of amides is 1. The average molecular weight is 478 g/mol. The summed E-state index contributed by atoms with van der Waals surface area (Å²) >= 11 is 0. The predicted octanol–water partition coefficient (Wildman–Crippen LogP) is 5.92. The van der Waals surface area contributed by atoms with Crippen LogP contribution in [0.15, 0.2) is 70.7 Å². The molecule has 1 fully saturated rings. The number of furan rings is 1. The molecule has 182 valence electrons. The fraction of sp³-hybridized carbons (Fsp3) is 0.286. The molecule has 3 aromatic rings. The number of ketones is 1. The van der Waals surface area contributed by atoms with Gasteiger partial charge in [-0.3, -0.25) is 9.59 Å². The van der Waals surface area contributed by atoms with Gasteiger partial charge in [-0.05, 0) is 67.4 Å². The van der Waals surface area contributed by atoms with Crippen LogP contribution in [0, 0.1) is 12.7 Å². The molecule has 2 heterocycles. The lowest BCUT2D eigenvalue weighted by atomic mass is 9.99. The lowest BCUT2D eigenvalue weighted by molar-refractivity contribution is -0.140. The molecule has 1 N–H and O–H groups in total. The van der Waals surface area contributed by atoms with Gasteiger partial charge in [0.1, 0.15) is 34.9 Å². The molecule has 0 bridgehead atoms. The highest BCUT2D eigenvalue weighted by Crippen LogP contribution is 2.41. The normalized spacial score (nSPS) is 17.2. The van der Waals surface area contributed by atoms with Gasteiger partial charge < -0.3 is 19.2 Å². The summed E-state index contributed by atoms with van der Waals surface area (Å²) in [6.07, 6.45) is 3.15. The van der Waals surface area contributed by atoms with E-state index in [1.165, 1.54) is 17.0 Å². The third-order valence-electron chi connectivity index (χ3n) is 5.98. The molecule has 1 atom stereocenters. The monoisotopic (exact) mass is 477 g/mol. The quantitative estimate of drug-likeness (QED) is 0.179. The van der Waals surface area contributed by atoms with Crippen LogP contribution < -0.4 is 4.74 Å². The van der Waals surface area contributed by atoms with Crippen molar-refractivity contribution in [3.63, 3.8) is 0 Å². The van der Waals surface area contributed by atoms with Crippen LogP contribution in [-0.2, 0) is 16.1 Å². The standard InChI is InChI=1S/C28H28FNO5/c1-3-4-5-16-34-22-13-9-20(10-14-22)26(31)24-25(23-15-6-18(2)35-23)30(28(33)27(24)32)17-19-7-11-21(29)12-8-19/h6-15,25,31H,3-5,16-17H2,1-2H3/b26-24-. The van der Waals surface area contributed by atoms with Gasteiger partial charge in [-0.25, -0.2) is 4.39 Å². The number of hydrogen-bond acceptors (Lipinski definition) is 5. The Bertz CT molecular complexity index is 1230. The van der Waals surface area contributed by atoms with Crippen molar-refractivity contribution in [1.82, 2.24) is 4.90 Å². The zero-order valence-electron chi connectivity index (χ0n) is 19.8. The van der Waals surface area contributed by atoms with Crippen molar-refractivity contribution in [3.05, 3.63) is 94.7 Å². The molecule has 0 aliphatic carbocycles. The number of benzene rings is 2. The highest BCUT2D eigenvalue weighted by atomic mass is 19.1. The van der Waals surface area contributed by atoms with Crippen molar-refractivity contribution < 1.29 is 28.2 Å². The number of aliphatic hydroxyl groups is 1. The van der Waals surface area contributed by atoms with E-state index in [1.807, 2.05) is 0 Å². The van der Waals surface area contributed by atoms with Crippen molar-refractivity contribution in [1.29, 1.82) is 0 Å². The molecule has 0 radical (unpaired) electrons. The number of rotatable bonds is 9. The predicted molar refractivity (Wildman–Crippen MR) is 129 cm³/mol. The van der Waals surface area contributed by atoms with Gasteiger partial charge >= 0.3 is 0 Å². The van der Waals surface area contributed by atoms with Gasteiger partial charge in [0, 0.05) is 12.1 Å². The topological polar surface area (TPSA) is 80.0 Å². The Balaban J connectivity index is 1.67. The second-order valence-electron chi connectivity index (χ2n) is 8.58. The Morgan fingerprint density at radius 2 is 1.74 bits per heavy atom. The van der Waals surface area contributed by atoms with Crippen molar-refractivity contribution in [2.75, 3.05) is 6.61 Å². The Hall–Kier alpha value is -3.87. The second kappa shape index (κ2) is 10.6. The highest BCUT2D eigenvalue weighted by Gasteiger charge is 2.47. The Kier molecular flexibility index (Phi) is 7.34. The van der Waals surface area contributed by atoms with Gasteiger partial charge in [0.25, 0.3) is 11.7 Å². The summed E-state index contributed by atoms with van der Waals surface area (Å²) in [6, 6.07) is 15.0. The van der Waals surface area contributed by atoms with E-state index in [2.05, 4.69) is 6.92 Å². The largest absolute Gasteiger partial charge is 0.507 e. The molecule has 1 unspecified atom stereocenters. The molecule has 1 aliphatic heterocycles. The smallest absolute Gasteiger partial charge is 0.296 e. The summed E-state index contributed by atoms with van der Waals surface area (Å²) < 4.78 is 24.9. The first-order valence-corrected chi connectivity index (χ1v) is 11.7. The number of carbonyl (C=O) groups excluding carboxylic acids is 2. The summed E-state index contributed by atoms with van der Waals surface area (Å²) in [5, 5.41) is 11.2. The minimum atomic E-state index is -0.918. The van der Waals surface area contributed by atoms with Crippen LogP contribution in [0.5, 0.6) is 5.75 Å². The Morgan fingerprint density at radius 1 is 1.03 bits per heavy atom. The summed E-state index contributed by atoms with van der Waals surface area (Å²) in [5.41, 5.74) is 0.980. The van der Waals surface area contributed by atoms with Gasteiger partial charge in [-0.2, -0.15) is 0 Å². The van der Waals surface area contributed by atoms with E-state index in [0.29, 0.717) is 35.0 Å². The average Bonchev–Trinajstić information content (AvgIpc) is 3.39. The summed E-state index contributed by atoms with van der Waals surface area (Å²) in [4.78, 5) is 27.5. The molecule has 1 aliphatic rings. The number of likely N-dealkylation sites (tertiary alicyclic amines) is 1. The molecular weight excluding hydrogens is 449 g/mol. The number of Topliss-reactive ketones (excluding diaryl/α,β-unsaturated/α-hetero) is 1. The minimum absolute atomic E-state index is 0.0522. The number of unbranched alkanes of at least 4 members (excludes halogenated alkanes) is 2. The van der Waals surface area contributed by atoms with E-state index in [4.69, 9.17) is 9.15 Å². The van der Waals surface area contributed by atoms with Crippen LogP contribution in [0.3, 0.4) is 0 Å². The van der Waals surface area contributed by atoms with Crippen molar-refractivity contribution in [2.45, 2.75) is 45.7 Å². The van der Waals surface area contributed by atoms with Gasteiger partial charge in [0.2, 0.25) is 0 Å². The molecule has 35 heavy (non-hydrogen) atoms. The maximum absolute atomic E-state index is 13.4. The van der Waals surface area contributed by atoms with Crippen LogP contribution in [-0.4, -0.2) is 28.3 Å². The molecule has 2 aromatic carbocycles. The summed E-state index contributed by atoms with van der Waals surface area (Å²) in [5.74, 6) is -0.617. The summed E-state index contributed by atoms with van der Waals surface area (Å²) in [6.45, 7) is 4.54. The number of aliphatic hydroxyl groups excluding tert-OH is 1. The van der Waals surface area contributed by atoms with Crippen LogP contribution in [0.2, 0.25) is 0 Å². The van der Waals surface area contributed by atoms with E-state index in [-0.39, 0.29) is 17.9 Å². The number of aryl methyl sites for hydroxylation is 1. The van der Waals surface area contributed by atoms with E-state index in [9.17, 15) is 19.1 Å². The van der Waals surface area contributed by atoms with Crippen LogP contribution >= 0.6 is 0 Å². The van der Waals surface area contributed by atoms with Crippen molar-refractivity contribution >= 4 is 17.4 Å². The first-order chi connectivity index (χ1) is 16.9. The second-order valence-corrected chi connectivity index (χ2v) is 8.58. The van der Waals surface area contributed by atoms with E-state index >= 15 is 0 Å². The molecule has 1 aromatic heterocycles. The highest BCUT2D eigenvalue weighted by molar-refractivity contribution is 6.46. The van der Waals surface area contributed by atoms with Crippen LogP contribution in [0.4, 0.5) is 4.39 Å². The first-order valence-electron chi connectivity index (χ1n) is 11.7. The zero-order valence-corrected chi connectivity index (χ0v) is 19.8. The molecular formula is C28H28FNO5. The van der Waals surface area contributed by atoms with Crippen molar-refractivity contribution in [3.8, 4) is 5.75 Å². The number of ether oxygens (including phenoxy) is 1. The van der Waals surface area contributed by atoms with Crippen LogP contribution in [0.25, 0.3) is 5.76 Å². The Labute approximate surface area is 203 Å². The molecule has 4 rings (SSSR count). The van der Waals surface area contributed by atoms with Gasteiger partial charge in [0.15, 0.2) is 0 Å². The van der Waals surface area contributed by atoms with E-state index < -0.39 is 23.5 Å². The SMILES string of the molecule is CCCCCOc1ccc(/C(O)=C2/C(=O)C(=O)N(Cc3ccc(F)cc3)C2c2ccc(C)o2)cc1. The molecule has 0 saturated carbocycles. The van der Waals surface area contributed by atoms with Gasteiger partial charge in [0.05, 0.1) is 12.2 Å². The maximum Gasteiger partial charge on any atom is 0.296 e. The molecule has 7 heteroatoms. The van der Waals surface area contributed by atoms with Crippen LogP contribution in [0.1, 0.15) is 54.9 Å². The fourth-order valence-electron chi connectivity index (χ4n) is 4.13. The summed E-state index contributed by atoms with van der Waals surface area (Å²) in [7, 11) is 0. The van der Waals surface area contributed by atoms with Crippen molar-refractivity contribution in [2.24, 2.45) is 0 Å². The molecule has 1 amide bonds. The Morgan fingerprint density at radius 3 is 2.37 bits per heavy atom. The first kappa shape index (κ1) is 24.3. The minimum Gasteiger partial charge on any atom is -0.507 e. The zero-order chi connectivity index (χ0) is 24.9. The lowest BCUT2D eigenvalue weighted by Gasteiger charge is -2.23. The third kappa shape index (κ3) is 5.29. The van der Waals surface area contributed by atoms with Gasteiger partial charge in [-0.15, -0.1) is 0 Å². The lowest BCUT2D eigenvalue weighted by Crippen LogP contribution is -2.29. The number of carbonyl (C=O) groups is 2.